The Labute approximate surface area is 113 Å². The zero-order chi connectivity index (χ0) is 13.3. The Balaban J connectivity index is 1.56. The molecule has 1 N–H and O–H groups in total. The van der Waals surface area contributed by atoms with Crippen LogP contribution in [-0.2, 0) is 17.9 Å². The molecule has 0 amide bonds. The summed E-state index contributed by atoms with van der Waals surface area (Å²) in [6.45, 7) is 2.94. The molecule has 1 aromatic heterocycles. The van der Waals surface area contributed by atoms with Crippen LogP contribution in [0, 0.1) is 0 Å². The molecule has 0 fully saturated rings. The maximum Gasteiger partial charge on any atom is 0.118 e. The van der Waals surface area contributed by atoms with Crippen molar-refractivity contribution in [3.8, 4) is 5.75 Å². The first-order valence-electron chi connectivity index (χ1n) is 6.31. The van der Waals surface area contributed by atoms with Crippen LogP contribution >= 0.6 is 0 Å². The van der Waals surface area contributed by atoms with Crippen molar-refractivity contribution in [2.75, 3.05) is 20.3 Å². The van der Waals surface area contributed by atoms with Crippen molar-refractivity contribution in [3.05, 3.63) is 54.0 Å². The fourth-order valence-corrected chi connectivity index (χ4v) is 1.68. The van der Waals surface area contributed by atoms with Gasteiger partial charge >= 0.3 is 0 Å². The summed E-state index contributed by atoms with van der Waals surface area (Å²) >= 11 is 0. The first-order chi connectivity index (χ1) is 9.38. The van der Waals surface area contributed by atoms with Crippen LogP contribution in [0.1, 0.15) is 11.1 Å². The lowest BCUT2D eigenvalue weighted by Gasteiger charge is -2.06. The number of ether oxygens (including phenoxy) is 2. The van der Waals surface area contributed by atoms with Crippen LogP contribution in [0.5, 0.6) is 5.75 Å². The minimum atomic E-state index is 0.622. The Bertz CT molecular complexity index is 451. The highest BCUT2D eigenvalue weighted by Gasteiger charge is 1.96. The molecule has 0 aliphatic heterocycles. The molecule has 0 aliphatic rings. The second kappa shape index (κ2) is 7.61. The van der Waals surface area contributed by atoms with Crippen LogP contribution < -0.4 is 10.1 Å². The second-order valence-electron chi connectivity index (χ2n) is 4.21. The van der Waals surface area contributed by atoms with Gasteiger partial charge in [-0.1, -0.05) is 12.1 Å². The molecule has 0 radical (unpaired) electrons. The number of furan rings is 1. The van der Waals surface area contributed by atoms with Crippen molar-refractivity contribution in [3.63, 3.8) is 0 Å². The van der Waals surface area contributed by atoms with E-state index < -0.39 is 0 Å². The lowest BCUT2D eigenvalue weighted by atomic mass is 10.2. The van der Waals surface area contributed by atoms with Gasteiger partial charge in [0, 0.05) is 18.7 Å². The first kappa shape index (κ1) is 13.6. The number of rotatable bonds is 8. The predicted octanol–water partition coefficient (Wildman–Crippen LogP) is 2.59. The average molecular weight is 261 g/mol. The van der Waals surface area contributed by atoms with Gasteiger partial charge in [-0.15, -0.1) is 0 Å². The van der Waals surface area contributed by atoms with Crippen LogP contribution in [0.25, 0.3) is 0 Å². The summed E-state index contributed by atoms with van der Waals surface area (Å²) in [7, 11) is 1.66. The van der Waals surface area contributed by atoms with Gasteiger partial charge in [-0.3, -0.25) is 0 Å². The Hall–Kier alpha value is -1.78. The molecule has 1 heterocycles. The maximum atomic E-state index is 5.59. The number of methoxy groups -OCH3 is 1. The van der Waals surface area contributed by atoms with E-state index in [1.165, 1.54) is 0 Å². The van der Waals surface area contributed by atoms with E-state index in [0.29, 0.717) is 13.2 Å². The fraction of sp³-hybridized carbons (Fsp3) is 0.333. The van der Waals surface area contributed by atoms with Crippen LogP contribution in [0.15, 0.2) is 47.3 Å². The van der Waals surface area contributed by atoms with E-state index in [4.69, 9.17) is 13.9 Å². The number of hydrogen-bond donors (Lipinski definition) is 1. The summed E-state index contributed by atoms with van der Waals surface area (Å²) in [6, 6.07) is 9.85. The molecular formula is C15H19NO3. The zero-order valence-corrected chi connectivity index (χ0v) is 11.1. The molecule has 0 aliphatic carbocycles. The molecule has 0 saturated heterocycles. The summed E-state index contributed by atoms with van der Waals surface area (Å²) in [4.78, 5) is 0. The third-order valence-electron chi connectivity index (χ3n) is 2.76. The van der Waals surface area contributed by atoms with E-state index in [2.05, 4.69) is 5.32 Å². The summed E-state index contributed by atoms with van der Waals surface area (Å²) in [6.07, 6.45) is 3.42. The van der Waals surface area contributed by atoms with E-state index in [9.17, 15) is 0 Å². The van der Waals surface area contributed by atoms with Gasteiger partial charge in [0.1, 0.15) is 5.75 Å². The quantitative estimate of drug-likeness (QED) is 0.742. The van der Waals surface area contributed by atoms with Crippen molar-refractivity contribution in [2.45, 2.75) is 13.2 Å². The van der Waals surface area contributed by atoms with Gasteiger partial charge < -0.3 is 19.2 Å². The Morgan fingerprint density at radius 3 is 2.63 bits per heavy atom. The van der Waals surface area contributed by atoms with Crippen molar-refractivity contribution in [2.24, 2.45) is 0 Å². The highest BCUT2D eigenvalue weighted by atomic mass is 16.5. The number of benzene rings is 1. The Kier molecular flexibility index (Phi) is 5.47. The van der Waals surface area contributed by atoms with Crippen molar-refractivity contribution in [1.29, 1.82) is 0 Å². The van der Waals surface area contributed by atoms with Gasteiger partial charge in [0.05, 0.1) is 32.8 Å². The normalized spacial score (nSPS) is 10.6. The van der Waals surface area contributed by atoms with Gasteiger partial charge in [-0.25, -0.2) is 0 Å². The fourth-order valence-electron chi connectivity index (χ4n) is 1.68. The monoisotopic (exact) mass is 261 g/mol. The van der Waals surface area contributed by atoms with Crippen LogP contribution in [0.2, 0.25) is 0 Å². The minimum Gasteiger partial charge on any atom is -0.497 e. The zero-order valence-electron chi connectivity index (χ0n) is 11.1. The molecule has 0 spiro atoms. The second-order valence-corrected chi connectivity index (χ2v) is 4.21. The molecule has 0 unspecified atom stereocenters. The SMILES string of the molecule is COc1ccc(COCCNCc2ccoc2)cc1. The number of hydrogen-bond acceptors (Lipinski definition) is 4. The summed E-state index contributed by atoms with van der Waals surface area (Å²) in [5, 5.41) is 3.29. The number of nitrogens with one attached hydrogen (secondary N) is 1. The molecular weight excluding hydrogens is 242 g/mol. The lowest BCUT2D eigenvalue weighted by molar-refractivity contribution is 0.122. The smallest absolute Gasteiger partial charge is 0.118 e. The highest BCUT2D eigenvalue weighted by Crippen LogP contribution is 2.11. The molecule has 1 aromatic carbocycles. The highest BCUT2D eigenvalue weighted by molar-refractivity contribution is 5.26. The molecule has 4 nitrogen and oxygen atoms in total. The average Bonchev–Trinajstić information content (AvgIpc) is 2.96. The van der Waals surface area contributed by atoms with Crippen molar-refractivity contribution in [1.82, 2.24) is 5.32 Å². The summed E-state index contributed by atoms with van der Waals surface area (Å²) < 4.78 is 15.7. The summed E-state index contributed by atoms with van der Waals surface area (Å²) in [5.74, 6) is 0.866. The first-order valence-corrected chi connectivity index (χ1v) is 6.31. The Morgan fingerprint density at radius 1 is 1.11 bits per heavy atom. The van der Waals surface area contributed by atoms with E-state index in [-0.39, 0.29) is 0 Å². The van der Waals surface area contributed by atoms with Crippen molar-refractivity contribution < 1.29 is 13.9 Å². The van der Waals surface area contributed by atoms with E-state index in [1.807, 2.05) is 30.3 Å². The molecule has 19 heavy (non-hydrogen) atoms. The van der Waals surface area contributed by atoms with Crippen LogP contribution in [-0.4, -0.2) is 20.3 Å². The van der Waals surface area contributed by atoms with Crippen LogP contribution in [0.4, 0.5) is 0 Å². The molecule has 0 bridgehead atoms. The van der Waals surface area contributed by atoms with Crippen molar-refractivity contribution >= 4 is 0 Å². The van der Waals surface area contributed by atoms with Gasteiger partial charge in [0.15, 0.2) is 0 Å². The Morgan fingerprint density at radius 2 is 1.95 bits per heavy atom. The van der Waals surface area contributed by atoms with E-state index in [0.717, 1.165) is 30.0 Å². The topological polar surface area (TPSA) is 43.6 Å². The van der Waals surface area contributed by atoms with Gasteiger partial charge in [0.25, 0.3) is 0 Å². The summed E-state index contributed by atoms with van der Waals surface area (Å²) in [5.41, 5.74) is 2.30. The molecule has 2 aromatic rings. The van der Waals surface area contributed by atoms with Gasteiger partial charge in [0.2, 0.25) is 0 Å². The minimum absolute atomic E-state index is 0.622. The van der Waals surface area contributed by atoms with Crippen LogP contribution in [0.3, 0.4) is 0 Å². The third-order valence-corrected chi connectivity index (χ3v) is 2.76. The van der Waals surface area contributed by atoms with E-state index in [1.54, 1.807) is 19.6 Å². The van der Waals surface area contributed by atoms with E-state index >= 15 is 0 Å². The largest absolute Gasteiger partial charge is 0.497 e. The third kappa shape index (κ3) is 4.77. The lowest BCUT2D eigenvalue weighted by Crippen LogP contribution is -2.18. The maximum absolute atomic E-state index is 5.59. The molecule has 0 atom stereocenters. The molecule has 4 heteroatoms. The van der Waals surface area contributed by atoms with Gasteiger partial charge in [-0.05, 0) is 23.8 Å². The standard InChI is InChI=1S/C15H19NO3/c1-17-15-4-2-13(3-5-15)11-19-9-7-16-10-14-6-8-18-12-14/h2-6,8,12,16H,7,9-11H2,1H3. The van der Waals surface area contributed by atoms with Gasteiger partial charge in [-0.2, -0.15) is 0 Å². The molecule has 102 valence electrons. The molecule has 0 saturated carbocycles. The predicted molar refractivity (Wildman–Crippen MR) is 73.1 cm³/mol. The molecule has 2 rings (SSSR count).